The summed E-state index contributed by atoms with van der Waals surface area (Å²) in [5.41, 5.74) is 6.68. The van der Waals surface area contributed by atoms with Gasteiger partial charge < -0.3 is 4.74 Å². The number of hydrogen-bond donors (Lipinski definition) is 0. The van der Waals surface area contributed by atoms with Gasteiger partial charge in [0.1, 0.15) is 11.5 Å². The van der Waals surface area contributed by atoms with Gasteiger partial charge in [-0.2, -0.15) is 0 Å². The van der Waals surface area contributed by atoms with Crippen molar-refractivity contribution < 1.29 is 4.74 Å². The van der Waals surface area contributed by atoms with Gasteiger partial charge in [0.05, 0.1) is 0 Å². The lowest BCUT2D eigenvalue weighted by Gasteiger charge is -2.21. The molecule has 0 bridgehead atoms. The maximum Gasteiger partial charge on any atom is 0.139 e. The van der Waals surface area contributed by atoms with Crippen LogP contribution in [0.5, 0.6) is 11.5 Å². The van der Waals surface area contributed by atoms with Crippen LogP contribution in [0.3, 0.4) is 0 Å². The zero-order valence-electron chi connectivity index (χ0n) is 12.3. The van der Waals surface area contributed by atoms with Crippen molar-refractivity contribution >= 4 is 11.3 Å². The first-order chi connectivity index (χ1) is 10.9. The third-order valence-electron chi connectivity index (χ3n) is 4.78. The van der Waals surface area contributed by atoms with E-state index >= 15 is 0 Å². The van der Waals surface area contributed by atoms with Gasteiger partial charge in [0.25, 0.3) is 0 Å². The van der Waals surface area contributed by atoms with Crippen LogP contribution in [0.1, 0.15) is 24.0 Å². The standard InChI is InChI=1S/C20H16OS/c1-2-6-14-13(5-1)9-10-17-19(14)21-18-8-4-3-7-15(18)16-11-12-22-20(16)17/h3-4,7-12H,1-2,5-6H2. The molecular weight excluding hydrogens is 288 g/mol. The van der Waals surface area contributed by atoms with Crippen molar-refractivity contribution in [3.8, 4) is 33.1 Å². The van der Waals surface area contributed by atoms with Gasteiger partial charge in [-0.25, -0.2) is 0 Å². The third-order valence-corrected chi connectivity index (χ3v) is 5.73. The smallest absolute Gasteiger partial charge is 0.139 e. The first-order valence-corrected chi connectivity index (χ1v) is 8.79. The first-order valence-electron chi connectivity index (χ1n) is 7.92. The molecule has 2 heteroatoms. The number of ether oxygens (including phenoxy) is 1. The van der Waals surface area contributed by atoms with Gasteiger partial charge in [-0.3, -0.25) is 0 Å². The summed E-state index contributed by atoms with van der Waals surface area (Å²) in [6, 6.07) is 15.2. The Labute approximate surface area is 134 Å². The fourth-order valence-corrected chi connectivity index (χ4v) is 4.64. The zero-order chi connectivity index (χ0) is 14.5. The van der Waals surface area contributed by atoms with Gasteiger partial charge in [0.2, 0.25) is 0 Å². The number of thiophene rings is 1. The van der Waals surface area contributed by atoms with Gasteiger partial charge in [-0.15, -0.1) is 11.3 Å². The average Bonchev–Trinajstić information content (AvgIpc) is 3.00. The van der Waals surface area contributed by atoms with E-state index in [1.165, 1.54) is 52.0 Å². The van der Waals surface area contributed by atoms with Crippen LogP contribution in [-0.4, -0.2) is 0 Å². The SMILES string of the molecule is c1ccc2c(c1)Oc1c(ccc3c1CCCC3)-c1sccc1-2. The highest BCUT2D eigenvalue weighted by molar-refractivity contribution is 7.14. The number of rotatable bonds is 0. The molecule has 22 heavy (non-hydrogen) atoms. The van der Waals surface area contributed by atoms with E-state index in [2.05, 4.69) is 47.8 Å². The normalized spacial score (nSPS) is 14.9. The quantitative estimate of drug-likeness (QED) is 0.383. The van der Waals surface area contributed by atoms with Crippen molar-refractivity contribution in [2.75, 3.05) is 0 Å². The molecule has 3 aromatic rings. The van der Waals surface area contributed by atoms with E-state index in [1.807, 2.05) is 11.3 Å². The van der Waals surface area contributed by atoms with E-state index in [0.717, 1.165) is 17.9 Å². The highest BCUT2D eigenvalue weighted by Gasteiger charge is 2.25. The fraction of sp³-hybridized carbons (Fsp3) is 0.200. The Kier molecular flexibility index (Phi) is 2.68. The summed E-state index contributed by atoms with van der Waals surface area (Å²) in [5.74, 6) is 2.09. The van der Waals surface area contributed by atoms with Crippen molar-refractivity contribution in [2.24, 2.45) is 0 Å². The molecule has 0 saturated heterocycles. The third kappa shape index (κ3) is 1.71. The summed E-state index contributed by atoms with van der Waals surface area (Å²) >= 11 is 1.82. The predicted octanol–water partition coefficient (Wildman–Crippen LogP) is 6.07. The molecule has 2 heterocycles. The van der Waals surface area contributed by atoms with Gasteiger partial charge in [-0.1, -0.05) is 24.3 Å². The average molecular weight is 304 g/mol. The van der Waals surface area contributed by atoms with Crippen LogP contribution in [-0.2, 0) is 12.8 Å². The van der Waals surface area contributed by atoms with Crippen LogP contribution >= 0.6 is 11.3 Å². The molecule has 1 aliphatic carbocycles. The lowest BCUT2D eigenvalue weighted by atomic mass is 9.89. The van der Waals surface area contributed by atoms with Crippen LogP contribution in [0.25, 0.3) is 21.6 Å². The Morgan fingerprint density at radius 2 is 1.73 bits per heavy atom. The Hall–Kier alpha value is -2.06. The summed E-state index contributed by atoms with van der Waals surface area (Å²) in [6.45, 7) is 0. The molecule has 5 rings (SSSR count). The van der Waals surface area contributed by atoms with Crippen molar-refractivity contribution in [2.45, 2.75) is 25.7 Å². The summed E-state index contributed by atoms with van der Waals surface area (Å²) in [5, 5.41) is 2.19. The largest absolute Gasteiger partial charge is 0.456 e. The monoisotopic (exact) mass is 304 g/mol. The van der Waals surface area contributed by atoms with E-state index in [0.29, 0.717) is 0 Å². The lowest BCUT2D eigenvalue weighted by Crippen LogP contribution is -2.05. The minimum atomic E-state index is 0.986. The molecule has 0 atom stereocenters. The van der Waals surface area contributed by atoms with E-state index in [4.69, 9.17) is 4.74 Å². The Bertz CT molecular complexity index is 875. The molecule has 0 saturated carbocycles. The van der Waals surface area contributed by atoms with E-state index in [-0.39, 0.29) is 0 Å². The molecule has 0 radical (unpaired) electrons. The molecule has 0 fully saturated rings. The molecule has 0 spiro atoms. The molecule has 1 nitrogen and oxygen atoms in total. The molecule has 2 aliphatic rings. The minimum Gasteiger partial charge on any atom is -0.456 e. The van der Waals surface area contributed by atoms with Gasteiger partial charge in [0, 0.05) is 21.6 Å². The molecule has 1 aliphatic heterocycles. The summed E-state index contributed by atoms with van der Waals surface area (Å²) in [7, 11) is 0. The Morgan fingerprint density at radius 1 is 0.818 bits per heavy atom. The van der Waals surface area contributed by atoms with Crippen molar-refractivity contribution in [1.82, 2.24) is 0 Å². The lowest BCUT2D eigenvalue weighted by molar-refractivity contribution is 0.475. The molecule has 0 N–H and O–H groups in total. The van der Waals surface area contributed by atoms with Crippen LogP contribution in [0, 0.1) is 0 Å². The number of fused-ring (bicyclic) bond motifs is 7. The van der Waals surface area contributed by atoms with E-state index in [1.54, 1.807) is 0 Å². The van der Waals surface area contributed by atoms with Crippen molar-refractivity contribution in [1.29, 1.82) is 0 Å². The van der Waals surface area contributed by atoms with E-state index < -0.39 is 0 Å². The first kappa shape index (κ1) is 12.5. The molecule has 108 valence electrons. The minimum absolute atomic E-state index is 0.986. The second-order valence-corrected chi connectivity index (χ2v) is 6.96. The Balaban J connectivity index is 1.85. The molecule has 2 aromatic carbocycles. The second-order valence-electron chi connectivity index (χ2n) is 6.05. The zero-order valence-corrected chi connectivity index (χ0v) is 13.1. The van der Waals surface area contributed by atoms with Gasteiger partial charge in [0.15, 0.2) is 0 Å². The second kappa shape index (κ2) is 4.72. The molecule has 0 amide bonds. The van der Waals surface area contributed by atoms with Crippen LogP contribution in [0.15, 0.2) is 47.8 Å². The number of para-hydroxylation sites is 1. The highest BCUT2D eigenvalue weighted by atomic mass is 32.1. The number of hydrogen-bond acceptors (Lipinski definition) is 2. The maximum absolute atomic E-state index is 6.45. The molecular formula is C20H16OS. The summed E-state index contributed by atoms with van der Waals surface area (Å²) < 4.78 is 6.45. The van der Waals surface area contributed by atoms with Crippen LogP contribution in [0.2, 0.25) is 0 Å². The van der Waals surface area contributed by atoms with Gasteiger partial charge in [-0.05, 0) is 60.4 Å². The summed E-state index contributed by atoms with van der Waals surface area (Å²) in [6.07, 6.45) is 4.89. The van der Waals surface area contributed by atoms with Crippen LogP contribution < -0.4 is 4.74 Å². The Morgan fingerprint density at radius 3 is 2.73 bits per heavy atom. The highest BCUT2D eigenvalue weighted by Crippen LogP contribution is 2.51. The summed E-state index contributed by atoms with van der Waals surface area (Å²) in [4.78, 5) is 1.34. The van der Waals surface area contributed by atoms with E-state index in [9.17, 15) is 0 Å². The number of aryl methyl sites for hydroxylation is 1. The van der Waals surface area contributed by atoms with Crippen LogP contribution in [0.4, 0.5) is 0 Å². The maximum atomic E-state index is 6.45. The predicted molar refractivity (Wildman–Crippen MR) is 91.9 cm³/mol. The van der Waals surface area contributed by atoms with Crippen molar-refractivity contribution in [3.63, 3.8) is 0 Å². The molecule has 1 aromatic heterocycles. The van der Waals surface area contributed by atoms with Crippen molar-refractivity contribution in [3.05, 3.63) is 59.0 Å². The molecule has 0 unspecified atom stereocenters. The number of benzene rings is 2. The fourth-order valence-electron chi connectivity index (χ4n) is 3.71. The van der Waals surface area contributed by atoms with Gasteiger partial charge >= 0.3 is 0 Å². The topological polar surface area (TPSA) is 9.23 Å².